The third-order valence-corrected chi connectivity index (χ3v) is 8.57. The Kier molecular flexibility index (Phi) is 9.22. The van der Waals surface area contributed by atoms with E-state index in [1.807, 2.05) is 0 Å². The van der Waals surface area contributed by atoms with Crippen molar-refractivity contribution in [1.29, 1.82) is 0 Å². The van der Waals surface area contributed by atoms with Gasteiger partial charge in [0.1, 0.15) is 54.6 Å². The predicted molar refractivity (Wildman–Crippen MR) is 122 cm³/mol. The summed E-state index contributed by atoms with van der Waals surface area (Å²) in [6.45, 7) is -2.08. The minimum atomic E-state index is -5.69. The van der Waals surface area contributed by atoms with Crippen LogP contribution in [0.25, 0.3) is 11.2 Å². The molecule has 2 aliphatic rings. The average molecular weight is 621 g/mol. The highest BCUT2D eigenvalue weighted by molar-refractivity contribution is 7.61. The normalized spacial score (nSPS) is 36.8. The van der Waals surface area contributed by atoms with Crippen molar-refractivity contribution in [3.05, 3.63) is 12.7 Å². The van der Waals surface area contributed by atoms with E-state index in [0.29, 0.717) is 0 Å². The van der Waals surface area contributed by atoms with Gasteiger partial charge in [0, 0.05) is 0 Å². The van der Waals surface area contributed by atoms with Gasteiger partial charge in [-0.25, -0.2) is 28.5 Å². The lowest BCUT2D eigenvalue weighted by molar-refractivity contribution is -0.292. The molecule has 4 heterocycles. The van der Waals surface area contributed by atoms with Crippen molar-refractivity contribution in [2.24, 2.45) is 0 Å². The van der Waals surface area contributed by atoms with E-state index in [-0.39, 0.29) is 17.0 Å². The lowest BCUT2D eigenvalue weighted by atomic mass is 9.96. The maximum Gasteiger partial charge on any atom is 0.483 e. The summed E-state index contributed by atoms with van der Waals surface area (Å²) in [7, 11) is -11.2. The molecule has 40 heavy (non-hydrogen) atoms. The van der Waals surface area contributed by atoms with Gasteiger partial charge in [0.15, 0.2) is 30.2 Å². The van der Waals surface area contributed by atoms with Gasteiger partial charge in [0.2, 0.25) is 0 Å². The molecule has 2 saturated heterocycles. The molecule has 0 aromatic carbocycles. The van der Waals surface area contributed by atoms with Crippen LogP contribution in [0.3, 0.4) is 0 Å². The van der Waals surface area contributed by atoms with Gasteiger partial charge in [0.05, 0.1) is 19.5 Å². The summed E-state index contributed by atoms with van der Waals surface area (Å²) in [6, 6.07) is 0. The maximum atomic E-state index is 14.8. The molecule has 0 saturated carbocycles. The Morgan fingerprint density at radius 1 is 1.05 bits per heavy atom. The van der Waals surface area contributed by atoms with E-state index in [2.05, 4.69) is 28.3 Å². The molecule has 2 aromatic heterocycles. The van der Waals surface area contributed by atoms with Crippen molar-refractivity contribution in [2.45, 2.75) is 61.4 Å². The quantitative estimate of drug-likeness (QED) is 0.116. The van der Waals surface area contributed by atoms with E-state index < -0.39 is 90.3 Å². The van der Waals surface area contributed by atoms with Crippen LogP contribution in [-0.2, 0) is 32.0 Å². The second kappa shape index (κ2) is 11.8. The van der Waals surface area contributed by atoms with Gasteiger partial charge >= 0.3 is 15.6 Å². The van der Waals surface area contributed by atoms with E-state index >= 15 is 0 Å². The van der Waals surface area contributed by atoms with E-state index in [4.69, 9.17) is 20.3 Å². The molecule has 0 radical (unpaired) electrons. The molecular formula is C17H26FN5O15P2. The first kappa shape index (κ1) is 31.2. The number of rotatable bonds is 10. The molecular weight excluding hydrogens is 595 g/mol. The molecule has 2 aromatic rings. The number of fused-ring (bicyclic) bond motifs is 1. The van der Waals surface area contributed by atoms with Crippen molar-refractivity contribution in [2.75, 3.05) is 18.9 Å². The summed E-state index contributed by atoms with van der Waals surface area (Å²) in [5, 5.41) is 58.8. The van der Waals surface area contributed by atoms with Crippen molar-refractivity contribution in [1.82, 2.24) is 19.5 Å². The number of nitrogens with two attached hydrogens (primary N) is 1. The molecule has 4 rings (SSSR count). The Bertz CT molecular complexity index is 1290. The SMILES string of the molecule is Nc1ncnc2c1ncn2[C@@H]1O[C@H](COP(=O)(O)OP(=O)(O)O[C@@H]2OC([C@H](O)CO)[C@@H](O)[C@H](O)C2O)C(F)[C@@H]1O. The Morgan fingerprint density at radius 2 is 1.75 bits per heavy atom. The molecule has 10 N–H and O–H groups in total. The van der Waals surface area contributed by atoms with Gasteiger partial charge in [-0.2, -0.15) is 4.31 Å². The van der Waals surface area contributed by atoms with Crippen molar-refractivity contribution >= 4 is 32.6 Å². The zero-order chi connectivity index (χ0) is 29.6. The molecule has 0 bridgehead atoms. The molecule has 226 valence electrons. The summed E-state index contributed by atoms with van der Waals surface area (Å²) in [6.07, 6.45) is -17.2. The van der Waals surface area contributed by atoms with Crippen LogP contribution < -0.4 is 5.73 Å². The van der Waals surface area contributed by atoms with Gasteiger partial charge in [0.25, 0.3) is 0 Å². The Labute approximate surface area is 222 Å². The first-order valence-corrected chi connectivity index (χ1v) is 14.2. The van der Waals surface area contributed by atoms with Crippen molar-refractivity contribution in [3.8, 4) is 0 Å². The highest BCUT2D eigenvalue weighted by atomic mass is 31.3. The molecule has 20 nitrogen and oxygen atoms in total. The lowest BCUT2D eigenvalue weighted by Gasteiger charge is -2.41. The molecule has 23 heteroatoms. The highest BCUT2D eigenvalue weighted by Crippen LogP contribution is 2.61. The third kappa shape index (κ3) is 6.33. The number of ether oxygens (including phenoxy) is 2. The van der Waals surface area contributed by atoms with E-state index in [0.717, 1.165) is 17.2 Å². The summed E-state index contributed by atoms with van der Waals surface area (Å²) in [5.74, 6) is -0.00105. The van der Waals surface area contributed by atoms with Crippen LogP contribution in [0.1, 0.15) is 6.23 Å². The number of imidazole rings is 1. The van der Waals surface area contributed by atoms with Gasteiger partial charge in [-0.05, 0) is 0 Å². The zero-order valence-corrected chi connectivity index (χ0v) is 21.7. The fraction of sp³-hybridized carbons (Fsp3) is 0.706. The second-order valence-electron chi connectivity index (χ2n) is 8.69. The summed E-state index contributed by atoms with van der Waals surface area (Å²) >= 11 is 0. The number of phosphoric ester groups is 2. The number of aliphatic hydroxyl groups is 6. The molecule has 0 spiro atoms. The van der Waals surface area contributed by atoms with Gasteiger partial charge in [-0.15, -0.1) is 0 Å². The number of nitrogen functional groups attached to an aromatic ring is 1. The highest BCUT2D eigenvalue weighted by Gasteiger charge is 2.51. The smallest absolute Gasteiger partial charge is 0.394 e. The summed E-state index contributed by atoms with van der Waals surface area (Å²) < 4.78 is 63.9. The standard InChI is InChI=1S/C17H26FN5O15P2/c18-7-6(35-16(9(7)26)23-4-22-8-14(19)20-3-21-15(8)23)2-34-39(30,31)38-40(32,33)37-17-12(29)10(27)11(28)13(36-17)5(25)1-24/h3-7,9-13,16-17,24-29H,1-2H2,(H,30,31)(H,32,33)(H2,19,20,21)/t5-,6-,7?,9+,10+,11+,12?,13?,16-,17+/m1/s1. The van der Waals surface area contributed by atoms with Crippen LogP contribution in [-0.4, -0.2) is 128 Å². The number of phosphoric acid groups is 2. The van der Waals surface area contributed by atoms with Crippen LogP contribution in [0.5, 0.6) is 0 Å². The minimum absolute atomic E-state index is 0.00105. The number of hydrogen-bond donors (Lipinski definition) is 9. The first-order valence-electron chi connectivity index (χ1n) is 11.2. The van der Waals surface area contributed by atoms with Gasteiger partial charge in [-0.1, -0.05) is 0 Å². The van der Waals surface area contributed by atoms with E-state index in [1.54, 1.807) is 0 Å². The number of anilines is 1. The van der Waals surface area contributed by atoms with E-state index in [1.165, 1.54) is 0 Å². The molecule has 2 fully saturated rings. The van der Waals surface area contributed by atoms with Crippen LogP contribution in [0.4, 0.5) is 10.2 Å². The van der Waals surface area contributed by atoms with Crippen LogP contribution >= 0.6 is 15.6 Å². The number of aromatic nitrogens is 4. The van der Waals surface area contributed by atoms with E-state index in [9.17, 15) is 48.8 Å². The number of nitrogens with zero attached hydrogens (tertiary/aromatic N) is 4. The number of aliphatic hydroxyl groups excluding tert-OH is 6. The van der Waals surface area contributed by atoms with Crippen LogP contribution in [0, 0.1) is 0 Å². The summed E-state index contributed by atoms with van der Waals surface area (Å²) in [5.41, 5.74) is 5.91. The molecule has 0 amide bonds. The number of alkyl halides is 1. The van der Waals surface area contributed by atoms with Gasteiger partial charge < -0.3 is 55.6 Å². The number of halogens is 1. The van der Waals surface area contributed by atoms with Crippen molar-refractivity contribution in [3.63, 3.8) is 0 Å². The maximum absolute atomic E-state index is 14.8. The summed E-state index contributed by atoms with van der Waals surface area (Å²) in [4.78, 5) is 31.5. The predicted octanol–water partition coefficient (Wildman–Crippen LogP) is -3.58. The topological polar surface area (TPSA) is 312 Å². The fourth-order valence-electron chi connectivity index (χ4n) is 3.98. The lowest BCUT2D eigenvalue weighted by Crippen LogP contribution is -2.61. The van der Waals surface area contributed by atoms with Crippen molar-refractivity contribution < 1.29 is 76.8 Å². The fourth-order valence-corrected chi connectivity index (χ4v) is 6.14. The van der Waals surface area contributed by atoms with Crippen LogP contribution in [0.2, 0.25) is 0 Å². The molecule has 2 aliphatic heterocycles. The molecule has 0 aliphatic carbocycles. The van der Waals surface area contributed by atoms with Crippen LogP contribution in [0.15, 0.2) is 12.7 Å². The average Bonchev–Trinajstić information content (AvgIpc) is 3.43. The molecule has 12 atom stereocenters. The largest absolute Gasteiger partial charge is 0.483 e. The Hall–Kier alpha value is -1.78. The Morgan fingerprint density at radius 3 is 2.42 bits per heavy atom. The van der Waals surface area contributed by atoms with Gasteiger partial charge in [-0.3, -0.25) is 13.6 Å². The first-order chi connectivity index (χ1) is 18.7. The number of hydrogen-bond acceptors (Lipinski definition) is 17. The Balaban J connectivity index is 1.38. The molecule has 5 unspecified atom stereocenters. The zero-order valence-electron chi connectivity index (χ0n) is 19.9. The third-order valence-electron chi connectivity index (χ3n) is 5.97. The minimum Gasteiger partial charge on any atom is -0.394 e. The monoisotopic (exact) mass is 621 g/mol. The second-order valence-corrected chi connectivity index (χ2v) is 11.7.